The molecule has 2 nitrogen and oxygen atoms in total. The second-order valence-electron chi connectivity index (χ2n) is 5.91. The molecule has 0 radical (unpaired) electrons. The van der Waals surface area contributed by atoms with Gasteiger partial charge in [0.05, 0.1) is 5.60 Å². The number of rotatable bonds is 5. The number of hydrogen-bond donors (Lipinski definition) is 1. The summed E-state index contributed by atoms with van der Waals surface area (Å²) in [5.74, 6) is 0. The average Bonchev–Trinajstić information content (AvgIpc) is 2.62. The van der Waals surface area contributed by atoms with Crippen molar-refractivity contribution in [2.24, 2.45) is 0 Å². The van der Waals surface area contributed by atoms with Crippen molar-refractivity contribution >= 4 is 0 Å². The van der Waals surface area contributed by atoms with Crippen molar-refractivity contribution in [3.05, 3.63) is 35.9 Å². The van der Waals surface area contributed by atoms with Gasteiger partial charge in [-0.3, -0.25) is 0 Å². The van der Waals surface area contributed by atoms with Gasteiger partial charge in [0.2, 0.25) is 0 Å². The molecule has 0 spiro atoms. The zero-order chi connectivity index (χ0) is 13.6. The Hall–Kier alpha value is -0.860. The molecule has 1 aliphatic rings. The summed E-state index contributed by atoms with van der Waals surface area (Å²) < 4.78 is 0. The van der Waals surface area contributed by atoms with E-state index in [0.29, 0.717) is 0 Å². The molecule has 19 heavy (non-hydrogen) atoms. The summed E-state index contributed by atoms with van der Waals surface area (Å²) in [6, 6.07) is 10.5. The van der Waals surface area contributed by atoms with Crippen molar-refractivity contribution in [1.82, 2.24) is 4.90 Å². The average molecular weight is 261 g/mol. The van der Waals surface area contributed by atoms with Gasteiger partial charge in [0.1, 0.15) is 0 Å². The van der Waals surface area contributed by atoms with Gasteiger partial charge in [-0.25, -0.2) is 0 Å². The summed E-state index contributed by atoms with van der Waals surface area (Å²) in [6.45, 7) is 5.61. The highest BCUT2D eigenvalue weighted by Crippen LogP contribution is 2.27. The molecule has 0 amide bonds. The van der Waals surface area contributed by atoms with Crippen molar-refractivity contribution in [3.8, 4) is 0 Å². The van der Waals surface area contributed by atoms with E-state index in [1.54, 1.807) is 0 Å². The summed E-state index contributed by atoms with van der Waals surface area (Å²) in [5.41, 5.74) is 0.892. The van der Waals surface area contributed by atoms with Crippen LogP contribution >= 0.6 is 0 Å². The molecule has 1 aromatic carbocycles. The quantitative estimate of drug-likeness (QED) is 0.879. The van der Waals surface area contributed by atoms with E-state index in [-0.39, 0.29) is 0 Å². The minimum atomic E-state index is -0.446. The van der Waals surface area contributed by atoms with Crippen LogP contribution in [0.5, 0.6) is 0 Å². The maximum Gasteiger partial charge on any atom is 0.0663 e. The first-order chi connectivity index (χ1) is 9.22. The van der Waals surface area contributed by atoms with Crippen molar-refractivity contribution in [3.63, 3.8) is 0 Å². The Morgan fingerprint density at radius 3 is 2.68 bits per heavy atom. The Morgan fingerprint density at radius 2 is 1.95 bits per heavy atom. The van der Waals surface area contributed by atoms with Gasteiger partial charge in [-0.15, -0.1) is 0 Å². The first kappa shape index (κ1) is 14.5. The highest BCUT2D eigenvalue weighted by Gasteiger charge is 2.29. The highest BCUT2D eigenvalue weighted by atomic mass is 16.3. The van der Waals surface area contributed by atoms with Crippen LogP contribution in [-0.4, -0.2) is 35.2 Å². The Labute approximate surface area is 117 Å². The van der Waals surface area contributed by atoms with Crippen LogP contribution in [0.25, 0.3) is 0 Å². The van der Waals surface area contributed by atoms with Gasteiger partial charge in [-0.1, -0.05) is 37.3 Å². The molecule has 1 aromatic rings. The molecular formula is C17H27NO. The third-order valence-corrected chi connectivity index (χ3v) is 4.27. The smallest absolute Gasteiger partial charge is 0.0663 e. The lowest BCUT2D eigenvalue weighted by Gasteiger charge is -2.27. The van der Waals surface area contributed by atoms with Crippen LogP contribution in [0.4, 0.5) is 0 Å². The van der Waals surface area contributed by atoms with Gasteiger partial charge in [0.25, 0.3) is 0 Å². The highest BCUT2D eigenvalue weighted by molar-refractivity contribution is 5.15. The summed E-state index contributed by atoms with van der Waals surface area (Å²) >= 11 is 0. The molecule has 106 valence electrons. The predicted octanol–water partition coefficient (Wildman–Crippen LogP) is 3.25. The lowest BCUT2D eigenvalue weighted by molar-refractivity contribution is 0.0172. The molecule has 1 heterocycles. The maximum absolute atomic E-state index is 10.8. The predicted molar refractivity (Wildman–Crippen MR) is 80.3 cm³/mol. The van der Waals surface area contributed by atoms with Gasteiger partial charge >= 0.3 is 0 Å². The minimum absolute atomic E-state index is 0.446. The van der Waals surface area contributed by atoms with Crippen LogP contribution in [0.1, 0.15) is 44.6 Å². The zero-order valence-electron chi connectivity index (χ0n) is 12.1. The van der Waals surface area contributed by atoms with Crippen LogP contribution in [-0.2, 0) is 6.42 Å². The van der Waals surface area contributed by atoms with Crippen molar-refractivity contribution < 1.29 is 5.11 Å². The fourth-order valence-electron chi connectivity index (χ4n) is 3.05. The van der Waals surface area contributed by atoms with E-state index >= 15 is 0 Å². The molecule has 1 aliphatic heterocycles. The largest absolute Gasteiger partial charge is 0.390 e. The van der Waals surface area contributed by atoms with Crippen molar-refractivity contribution in [1.29, 1.82) is 0 Å². The lowest BCUT2D eigenvalue weighted by Crippen LogP contribution is -2.32. The second kappa shape index (κ2) is 7.06. The molecular weight excluding hydrogens is 234 g/mol. The van der Waals surface area contributed by atoms with Gasteiger partial charge in [0, 0.05) is 6.54 Å². The molecule has 0 bridgehead atoms. The van der Waals surface area contributed by atoms with Gasteiger partial charge in [0.15, 0.2) is 0 Å². The van der Waals surface area contributed by atoms with E-state index in [9.17, 15) is 5.11 Å². The Balaban J connectivity index is 1.85. The maximum atomic E-state index is 10.8. The number of aryl methyl sites for hydroxylation is 1. The Kier molecular flexibility index (Phi) is 5.41. The second-order valence-corrected chi connectivity index (χ2v) is 5.91. The van der Waals surface area contributed by atoms with Gasteiger partial charge < -0.3 is 10.0 Å². The lowest BCUT2D eigenvalue weighted by atomic mass is 9.88. The number of aliphatic hydroxyl groups is 1. The topological polar surface area (TPSA) is 23.5 Å². The Morgan fingerprint density at radius 1 is 1.16 bits per heavy atom. The van der Waals surface area contributed by atoms with Crippen LogP contribution in [0, 0.1) is 0 Å². The van der Waals surface area contributed by atoms with E-state index in [4.69, 9.17) is 0 Å². The van der Waals surface area contributed by atoms with Crippen LogP contribution in [0.3, 0.4) is 0 Å². The molecule has 1 fully saturated rings. The molecule has 1 saturated heterocycles. The van der Waals surface area contributed by atoms with E-state index in [1.807, 2.05) is 6.07 Å². The van der Waals surface area contributed by atoms with E-state index in [1.165, 1.54) is 18.5 Å². The van der Waals surface area contributed by atoms with Gasteiger partial charge in [-0.2, -0.15) is 0 Å². The molecule has 1 unspecified atom stereocenters. The molecule has 0 saturated carbocycles. The third kappa shape index (κ3) is 4.63. The summed E-state index contributed by atoms with van der Waals surface area (Å²) in [4.78, 5) is 2.50. The molecule has 2 heteroatoms. The SMILES string of the molecule is CCCN1CCCC(O)(CCc2ccccc2)CC1. The van der Waals surface area contributed by atoms with E-state index in [2.05, 4.69) is 36.1 Å². The summed E-state index contributed by atoms with van der Waals surface area (Å²) in [7, 11) is 0. The summed E-state index contributed by atoms with van der Waals surface area (Å²) in [6.07, 6.45) is 6.12. The van der Waals surface area contributed by atoms with Crippen molar-refractivity contribution in [2.45, 2.75) is 51.0 Å². The molecule has 2 rings (SSSR count). The molecule has 1 atom stereocenters. The first-order valence-electron chi connectivity index (χ1n) is 7.70. The molecule has 0 aromatic heterocycles. The number of hydrogen-bond acceptors (Lipinski definition) is 2. The first-order valence-corrected chi connectivity index (χ1v) is 7.70. The number of nitrogens with zero attached hydrogens (tertiary/aromatic N) is 1. The summed E-state index contributed by atoms with van der Waals surface area (Å²) in [5, 5.41) is 10.8. The van der Waals surface area contributed by atoms with Crippen LogP contribution in [0.15, 0.2) is 30.3 Å². The normalized spacial score (nSPS) is 25.2. The Bertz CT molecular complexity index is 365. The standard InChI is InChI=1S/C17H27NO/c1-2-13-18-14-6-10-17(19,12-15-18)11-9-16-7-4-3-5-8-16/h3-5,7-8,19H,2,6,9-15H2,1H3. The zero-order valence-corrected chi connectivity index (χ0v) is 12.1. The third-order valence-electron chi connectivity index (χ3n) is 4.27. The van der Waals surface area contributed by atoms with Gasteiger partial charge in [-0.05, 0) is 57.2 Å². The number of likely N-dealkylation sites (tertiary alicyclic amines) is 1. The van der Waals surface area contributed by atoms with Crippen LogP contribution < -0.4 is 0 Å². The monoisotopic (exact) mass is 261 g/mol. The minimum Gasteiger partial charge on any atom is -0.390 e. The molecule has 0 aliphatic carbocycles. The molecule has 1 N–H and O–H groups in total. The van der Waals surface area contributed by atoms with Crippen LogP contribution in [0.2, 0.25) is 0 Å². The fourth-order valence-corrected chi connectivity index (χ4v) is 3.05. The van der Waals surface area contributed by atoms with Crippen molar-refractivity contribution in [2.75, 3.05) is 19.6 Å². The van der Waals surface area contributed by atoms with E-state index < -0.39 is 5.60 Å². The number of benzene rings is 1. The fraction of sp³-hybridized carbons (Fsp3) is 0.647. The van der Waals surface area contributed by atoms with E-state index in [0.717, 1.165) is 45.2 Å².